The van der Waals surface area contributed by atoms with Crippen molar-refractivity contribution in [2.45, 2.75) is 13.1 Å². The number of ether oxygens (including phenoxy) is 3. The third-order valence-electron chi connectivity index (χ3n) is 5.62. The molecule has 2 heterocycles. The van der Waals surface area contributed by atoms with Crippen LogP contribution in [0.1, 0.15) is 22.5 Å². The Morgan fingerprint density at radius 3 is 1.78 bits per heavy atom. The molecule has 0 unspecified atom stereocenters. The van der Waals surface area contributed by atoms with Crippen LogP contribution < -0.4 is 14.2 Å². The van der Waals surface area contributed by atoms with Gasteiger partial charge in [0.15, 0.2) is 0 Å². The first-order chi connectivity index (χ1) is 17.7. The summed E-state index contributed by atoms with van der Waals surface area (Å²) in [5.41, 5.74) is 4.14. The molecule has 4 aromatic rings. The highest BCUT2D eigenvalue weighted by molar-refractivity contribution is 5.71. The largest absolute Gasteiger partial charge is 0.497 e. The van der Waals surface area contributed by atoms with E-state index in [9.17, 15) is 0 Å². The fourth-order valence-electron chi connectivity index (χ4n) is 3.74. The Bertz CT molecular complexity index is 1170. The third-order valence-corrected chi connectivity index (χ3v) is 5.62. The number of aromatic nitrogens is 2. The van der Waals surface area contributed by atoms with Crippen molar-refractivity contribution < 1.29 is 14.2 Å². The lowest BCUT2D eigenvalue weighted by Crippen LogP contribution is -2.28. The molecule has 36 heavy (non-hydrogen) atoms. The zero-order valence-electron chi connectivity index (χ0n) is 20.7. The summed E-state index contributed by atoms with van der Waals surface area (Å²) < 4.78 is 16.7. The highest BCUT2D eigenvalue weighted by Gasteiger charge is 2.09. The van der Waals surface area contributed by atoms with Crippen LogP contribution in [-0.4, -0.2) is 42.2 Å². The summed E-state index contributed by atoms with van der Waals surface area (Å²) in [6.45, 7) is 2.80. The van der Waals surface area contributed by atoms with Gasteiger partial charge in [-0.2, -0.15) is 0 Å². The quantitative estimate of drug-likeness (QED) is 0.240. The highest BCUT2D eigenvalue weighted by Crippen LogP contribution is 2.24. The van der Waals surface area contributed by atoms with Crippen molar-refractivity contribution in [2.75, 3.05) is 27.4 Å². The Morgan fingerprint density at radius 1 is 0.667 bits per heavy atom. The lowest BCUT2D eigenvalue weighted by atomic mass is 10.1. The molecule has 4 rings (SSSR count). The van der Waals surface area contributed by atoms with E-state index in [-0.39, 0.29) is 0 Å². The van der Waals surface area contributed by atoms with Crippen LogP contribution in [0.5, 0.6) is 17.2 Å². The van der Waals surface area contributed by atoms with E-state index in [1.54, 1.807) is 14.2 Å². The van der Waals surface area contributed by atoms with Crippen molar-refractivity contribution in [3.63, 3.8) is 0 Å². The third kappa shape index (κ3) is 7.68. The summed E-state index contributed by atoms with van der Waals surface area (Å²) in [7, 11) is 3.30. The molecule has 6 nitrogen and oxygen atoms in total. The predicted octanol–water partition coefficient (Wildman–Crippen LogP) is 5.75. The second kappa shape index (κ2) is 13.1. The van der Waals surface area contributed by atoms with E-state index in [2.05, 4.69) is 20.9 Å². The molecule has 0 N–H and O–H groups in total. The summed E-state index contributed by atoms with van der Waals surface area (Å²) in [5.74, 6) is 2.36. The molecular weight excluding hydrogens is 450 g/mol. The van der Waals surface area contributed by atoms with Crippen molar-refractivity contribution in [2.24, 2.45) is 0 Å². The van der Waals surface area contributed by atoms with Crippen LogP contribution in [0.25, 0.3) is 12.2 Å². The number of methoxy groups -OCH3 is 2. The molecule has 2 aromatic heterocycles. The van der Waals surface area contributed by atoms with Crippen LogP contribution in [0.3, 0.4) is 0 Å². The van der Waals surface area contributed by atoms with Gasteiger partial charge in [0.1, 0.15) is 23.9 Å². The number of hydrogen-bond donors (Lipinski definition) is 0. The molecule has 0 saturated heterocycles. The van der Waals surface area contributed by atoms with E-state index in [0.29, 0.717) is 6.61 Å². The molecule has 0 saturated carbocycles. The van der Waals surface area contributed by atoms with E-state index in [1.807, 2.05) is 97.3 Å². The van der Waals surface area contributed by atoms with Crippen LogP contribution in [0.4, 0.5) is 0 Å². The van der Waals surface area contributed by atoms with Crippen molar-refractivity contribution in [3.8, 4) is 17.2 Å². The first kappa shape index (κ1) is 24.9. The number of nitrogens with zero attached hydrogens (tertiary/aromatic N) is 3. The smallest absolute Gasteiger partial charge is 0.123 e. The Kier molecular flexibility index (Phi) is 9.06. The molecule has 0 atom stereocenters. The summed E-state index contributed by atoms with van der Waals surface area (Å²) in [4.78, 5) is 11.2. The summed E-state index contributed by atoms with van der Waals surface area (Å²) >= 11 is 0. The number of hydrogen-bond acceptors (Lipinski definition) is 6. The van der Waals surface area contributed by atoms with Crippen molar-refractivity contribution in [3.05, 3.63) is 114 Å². The maximum atomic E-state index is 6.05. The monoisotopic (exact) mass is 481 g/mol. The first-order valence-electron chi connectivity index (χ1n) is 11.9. The van der Waals surface area contributed by atoms with Gasteiger partial charge in [0.05, 0.1) is 25.6 Å². The molecule has 0 aliphatic heterocycles. The van der Waals surface area contributed by atoms with Gasteiger partial charge in [0, 0.05) is 38.1 Å². The van der Waals surface area contributed by atoms with E-state index in [4.69, 9.17) is 14.2 Å². The summed E-state index contributed by atoms with van der Waals surface area (Å²) in [6.07, 6.45) is 7.74. The minimum absolute atomic E-state index is 0.568. The average Bonchev–Trinajstić information content (AvgIpc) is 2.93. The van der Waals surface area contributed by atoms with Crippen LogP contribution >= 0.6 is 0 Å². The SMILES string of the molecule is COc1cc(/C=C/c2ccc(OCCN(Cc3ccccn3)Cc3ccccn3)cc2)cc(OC)c1. The molecule has 6 heteroatoms. The van der Waals surface area contributed by atoms with Crippen LogP contribution in [0.2, 0.25) is 0 Å². The Morgan fingerprint density at radius 2 is 1.25 bits per heavy atom. The molecule has 0 amide bonds. The molecule has 0 fully saturated rings. The maximum absolute atomic E-state index is 6.05. The van der Waals surface area contributed by atoms with Gasteiger partial charge in [0.25, 0.3) is 0 Å². The van der Waals surface area contributed by atoms with Gasteiger partial charge >= 0.3 is 0 Å². The number of pyridine rings is 2. The fourth-order valence-corrected chi connectivity index (χ4v) is 3.74. The summed E-state index contributed by atoms with van der Waals surface area (Å²) in [5, 5.41) is 0. The van der Waals surface area contributed by atoms with Crippen molar-refractivity contribution in [1.82, 2.24) is 14.9 Å². The zero-order valence-corrected chi connectivity index (χ0v) is 20.7. The lowest BCUT2D eigenvalue weighted by Gasteiger charge is -2.21. The van der Waals surface area contributed by atoms with Gasteiger partial charge < -0.3 is 14.2 Å². The summed E-state index contributed by atoms with van der Waals surface area (Å²) in [6, 6.07) is 25.8. The molecule has 0 aliphatic rings. The molecule has 184 valence electrons. The predicted molar refractivity (Wildman–Crippen MR) is 143 cm³/mol. The normalized spacial score (nSPS) is 11.1. The van der Waals surface area contributed by atoms with Gasteiger partial charge in [-0.25, -0.2) is 0 Å². The van der Waals surface area contributed by atoms with Gasteiger partial charge in [-0.3, -0.25) is 14.9 Å². The van der Waals surface area contributed by atoms with Crippen molar-refractivity contribution >= 4 is 12.2 Å². The average molecular weight is 482 g/mol. The minimum Gasteiger partial charge on any atom is -0.497 e. The van der Waals surface area contributed by atoms with Crippen molar-refractivity contribution in [1.29, 1.82) is 0 Å². The van der Waals surface area contributed by atoms with Gasteiger partial charge in [-0.05, 0) is 59.7 Å². The molecule has 0 aliphatic carbocycles. The van der Waals surface area contributed by atoms with E-state index < -0.39 is 0 Å². The maximum Gasteiger partial charge on any atom is 0.123 e. The molecule has 0 radical (unpaired) electrons. The molecule has 0 bridgehead atoms. The molecular formula is C30H31N3O3. The van der Waals surface area contributed by atoms with Gasteiger partial charge in [-0.15, -0.1) is 0 Å². The first-order valence-corrected chi connectivity index (χ1v) is 11.9. The topological polar surface area (TPSA) is 56.7 Å². The fraction of sp³-hybridized carbons (Fsp3) is 0.200. The van der Waals surface area contributed by atoms with Crippen LogP contribution in [0.15, 0.2) is 91.3 Å². The highest BCUT2D eigenvalue weighted by atomic mass is 16.5. The zero-order chi connectivity index (χ0) is 25.0. The van der Waals surface area contributed by atoms with Crippen LogP contribution in [-0.2, 0) is 13.1 Å². The number of rotatable bonds is 12. The van der Waals surface area contributed by atoms with Gasteiger partial charge in [-0.1, -0.05) is 36.4 Å². The standard InChI is InChI=1S/C30H31N3O3/c1-34-29-19-25(20-30(21-29)35-2)10-9-24-11-13-28(14-12-24)36-18-17-33(22-26-7-3-5-15-31-26)23-27-8-4-6-16-32-27/h3-16,19-21H,17-18,22-23H2,1-2H3/b10-9+. The molecule has 2 aromatic carbocycles. The van der Waals surface area contributed by atoms with E-state index in [1.165, 1.54) is 0 Å². The second-order valence-electron chi connectivity index (χ2n) is 8.25. The number of benzene rings is 2. The molecule has 0 spiro atoms. The minimum atomic E-state index is 0.568. The van der Waals surface area contributed by atoms with Crippen LogP contribution in [0, 0.1) is 0 Å². The Hall–Kier alpha value is -4.16. The lowest BCUT2D eigenvalue weighted by molar-refractivity contribution is 0.193. The second-order valence-corrected chi connectivity index (χ2v) is 8.25. The van der Waals surface area contributed by atoms with E-state index >= 15 is 0 Å². The Balaban J connectivity index is 1.33. The van der Waals surface area contributed by atoms with E-state index in [0.717, 1.165) is 59.4 Å². The Labute approximate surface area is 212 Å². The van der Waals surface area contributed by atoms with Gasteiger partial charge in [0.2, 0.25) is 0 Å².